The molecule has 23 heavy (non-hydrogen) atoms. The van der Waals surface area contributed by atoms with E-state index in [0.29, 0.717) is 18.3 Å². The Morgan fingerprint density at radius 2 is 1.74 bits per heavy atom. The molecule has 0 saturated carbocycles. The van der Waals surface area contributed by atoms with Gasteiger partial charge in [0.2, 0.25) is 0 Å². The number of nitrogens with one attached hydrogen (secondary N) is 2. The van der Waals surface area contributed by atoms with Gasteiger partial charge in [0.15, 0.2) is 0 Å². The standard InChI is InChI=1S/C18H30N2O2S/c1-12(2)15-7-6-8-16(13(3)4)17(15)20-18(22)19-14(9-10-21)11-23-5/h6-8,12-14,21H,9-11H2,1-5H3,(H2,19,20,22). The Labute approximate surface area is 144 Å². The van der Waals surface area contributed by atoms with Crippen LogP contribution in [0, 0.1) is 0 Å². The number of hydrogen-bond donors (Lipinski definition) is 3. The lowest BCUT2D eigenvalue weighted by Crippen LogP contribution is -2.40. The van der Waals surface area contributed by atoms with Gasteiger partial charge in [0, 0.05) is 24.1 Å². The maximum Gasteiger partial charge on any atom is 0.319 e. The van der Waals surface area contributed by atoms with Gasteiger partial charge < -0.3 is 15.7 Å². The fourth-order valence-electron chi connectivity index (χ4n) is 2.58. The monoisotopic (exact) mass is 338 g/mol. The quantitative estimate of drug-likeness (QED) is 0.667. The molecule has 0 aliphatic heterocycles. The zero-order valence-corrected chi connectivity index (χ0v) is 15.7. The SMILES string of the molecule is CSCC(CCO)NC(=O)Nc1c(C(C)C)cccc1C(C)C. The maximum absolute atomic E-state index is 12.4. The number of aliphatic hydroxyl groups is 1. The Morgan fingerprint density at radius 1 is 1.17 bits per heavy atom. The topological polar surface area (TPSA) is 61.4 Å². The van der Waals surface area contributed by atoms with E-state index in [2.05, 4.69) is 56.5 Å². The largest absolute Gasteiger partial charge is 0.396 e. The van der Waals surface area contributed by atoms with E-state index in [-0.39, 0.29) is 18.7 Å². The molecule has 4 nitrogen and oxygen atoms in total. The first-order valence-corrected chi connectivity index (χ1v) is 9.60. The van der Waals surface area contributed by atoms with E-state index >= 15 is 0 Å². The number of carbonyl (C=O) groups excluding carboxylic acids is 1. The van der Waals surface area contributed by atoms with Gasteiger partial charge in [0.05, 0.1) is 0 Å². The second-order valence-corrected chi connectivity index (χ2v) is 7.29. The molecule has 1 unspecified atom stereocenters. The second kappa shape index (κ2) is 9.83. The minimum atomic E-state index is -0.201. The van der Waals surface area contributed by atoms with E-state index in [1.807, 2.05) is 6.26 Å². The van der Waals surface area contributed by atoms with Gasteiger partial charge in [-0.25, -0.2) is 4.79 Å². The molecule has 0 radical (unpaired) electrons. The van der Waals surface area contributed by atoms with Crippen molar-refractivity contribution in [2.75, 3.05) is 23.9 Å². The summed E-state index contributed by atoms with van der Waals surface area (Å²) in [6.07, 6.45) is 2.56. The molecule has 0 aliphatic rings. The Morgan fingerprint density at radius 3 is 2.17 bits per heavy atom. The zero-order chi connectivity index (χ0) is 17.4. The van der Waals surface area contributed by atoms with E-state index in [1.165, 1.54) is 0 Å². The third kappa shape index (κ3) is 6.07. The van der Waals surface area contributed by atoms with Crippen molar-refractivity contribution in [1.29, 1.82) is 0 Å². The molecule has 0 saturated heterocycles. The highest BCUT2D eigenvalue weighted by molar-refractivity contribution is 7.98. The molecule has 5 heteroatoms. The summed E-state index contributed by atoms with van der Waals surface area (Å²) < 4.78 is 0. The van der Waals surface area contributed by atoms with Crippen molar-refractivity contribution in [3.05, 3.63) is 29.3 Å². The molecule has 1 aromatic carbocycles. The molecular formula is C18H30N2O2S. The van der Waals surface area contributed by atoms with Crippen LogP contribution in [0.15, 0.2) is 18.2 Å². The van der Waals surface area contributed by atoms with Crippen molar-refractivity contribution in [1.82, 2.24) is 5.32 Å². The molecule has 0 bridgehead atoms. The van der Waals surface area contributed by atoms with E-state index < -0.39 is 0 Å². The van der Waals surface area contributed by atoms with Crippen LogP contribution in [0.4, 0.5) is 10.5 Å². The first-order valence-electron chi connectivity index (χ1n) is 8.20. The number of amides is 2. The summed E-state index contributed by atoms with van der Waals surface area (Å²) in [6, 6.07) is 5.96. The van der Waals surface area contributed by atoms with Crippen molar-refractivity contribution in [3.63, 3.8) is 0 Å². The fraction of sp³-hybridized carbons (Fsp3) is 0.611. The summed E-state index contributed by atoms with van der Waals surface area (Å²) in [4.78, 5) is 12.4. The molecular weight excluding hydrogens is 308 g/mol. The van der Waals surface area contributed by atoms with Crippen LogP contribution < -0.4 is 10.6 Å². The van der Waals surface area contributed by atoms with Gasteiger partial charge in [-0.1, -0.05) is 45.9 Å². The minimum Gasteiger partial charge on any atom is -0.396 e. The molecule has 130 valence electrons. The summed E-state index contributed by atoms with van der Waals surface area (Å²) >= 11 is 1.66. The van der Waals surface area contributed by atoms with Crippen LogP contribution in [0.25, 0.3) is 0 Å². The highest BCUT2D eigenvalue weighted by Gasteiger charge is 2.17. The number of rotatable bonds is 8. The first-order chi connectivity index (χ1) is 10.9. The molecule has 2 amide bonds. The third-order valence-electron chi connectivity index (χ3n) is 3.79. The molecule has 0 heterocycles. The lowest BCUT2D eigenvalue weighted by Gasteiger charge is -2.22. The van der Waals surface area contributed by atoms with Gasteiger partial charge in [-0.3, -0.25) is 0 Å². The molecule has 0 fully saturated rings. The van der Waals surface area contributed by atoms with Crippen LogP contribution in [-0.4, -0.2) is 35.8 Å². The van der Waals surface area contributed by atoms with Gasteiger partial charge in [-0.2, -0.15) is 11.8 Å². The number of anilines is 1. The van der Waals surface area contributed by atoms with E-state index in [0.717, 1.165) is 22.6 Å². The maximum atomic E-state index is 12.4. The summed E-state index contributed by atoms with van der Waals surface area (Å²) in [5, 5.41) is 15.1. The number of aliphatic hydroxyl groups excluding tert-OH is 1. The highest BCUT2D eigenvalue weighted by Crippen LogP contribution is 2.32. The molecule has 1 rings (SSSR count). The predicted molar refractivity (Wildman–Crippen MR) is 101 cm³/mol. The van der Waals surface area contributed by atoms with Gasteiger partial charge >= 0.3 is 6.03 Å². The van der Waals surface area contributed by atoms with Crippen LogP contribution in [0.2, 0.25) is 0 Å². The summed E-state index contributed by atoms with van der Waals surface area (Å²) in [6.45, 7) is 8.59. The van der Waals surface area contributed by atoms with Crippen LogP contribution >= 0.6 is 11.8 Å². The number of urea groups is 1. The summed E-state index contributed by atoms with van der Waals surface area (Å²) in [7, 11) is 0. The van der Waals surface area contributed by atoms with Crippen LogP contribution in [0.5, 0.6) is 0 Å². The van der Waals surface area contributed by atoms with Crippen molar-refractivity contribution < 1.29 is 9.90 Å². The van der Waals surface area contributed by atoms with E-state index in [9.17, 15) is 4.79 Å². The van der Waals surface area contributed by atoms with Gasteiger partial charge in [-0.05, 0) is 35.6 Å². The van der Waals surface area contributed by atoms with Crippen molar-refractivity contribution in [3.8, 4) is 0 Å². The second-order valence-electron chi connectivity index (χ2n) is 6.38. The van der Waals surface area contributed by atoms with E-state index in [1.54, 1.807) is 11.8 Å². The molecule has 1 atom stereocenters. The van der Waals surface area contributed by atoms with Crippen molar-refractivity contribution >= 4 is 23.5 Å². The van der Waals surface area contributed by atoms with Gasteiger partial charge in [-0.15, -0.1) is 0 Å². The number of benzene rings is 1. The van der Waals surface area contributed by atoms with Crippen molar-refractivity contribution in [2.45, 2.75) is 52.0 Å². The Bertz CT molecular complexity index is 472. The molecule has 3 N–H and O–H groups in total. The lowest BCUT2D eigenvalue weighted by atomic mass is 9.93. The number of para-hydroxylation sites is 1. The Hall–Kier alpha value is -1.20. The minimum absolute atomic E-state index is 0.0243. The van der Waals surface area contributed by atoms with Crippen LogP contribution in [-0.2, 0) is 0 Å². The lowest BCUT2D eigenvalue weighted by molar-refractivity contribution is 0.241. The summed E-state index contributed by atoms with van der Waals surface area (Å²) in [5.41, 5.74) is 3.21. The Balaban J connectivity index is 2.95. The van der Waals surface area contributed by atoms with Crippen LogP contribution in [0.1, 0.15) is 57.1 Å². The first kappa shape index (κ1) is 19.8. The van der Waals surface area contributed by atoms with Gasteiger partial charge in [0.25, 0.3) is 0 Å². The number of hydrogen-bond acceptors (Lipinski definition) is 3. The van der Waals surface area contributed by atoms with Crippen molar-refractivity contribution in [2.24, 2.45) is 0 Å². The molecule has 1 aromatic rings. The Kier molecular flexibility index (Phi) is 8.48. The molecule has 0 aliphatic carbocycles. The zero-order valence-electron chi connectivity index (χ0n) is 14.8. The predicted octanol–water partition coefficient (Wildman–Crippen LogP) is 4.17. The number of thioether (sulfide) groups is 1. The number of carbonyl (C=O) groups is 1. The molecule has 0 spiro atoms. The van der Waals surface area contributed by atoms with Gasteiger partial charge in [0.1, 0.15) is 0 Å². The third-order valence-corrected chi connectivity index (χ3v) is 4.53. The normalized spacial score (nSPS) is 12.5. The average Bonchev–Trinajstić information content (AvgIpc) is 2.47. The smallest absolute Gasteiger partial charge is 0.319 e. The summed E-state index contributed by atoms with van der Waals surface area (Å²) in [5.74, 6) is 1.46. The van der Waals surface area contributed by atoms with Crippen LogP contribution in [0.3, 0.4) is 0 Å². The average molecular weight is 339 g/mol. The molecule has 0 aromatic heterocycles. The fourth-order valence-corrected chi connectivity index (χ4v) is 3.24. The van der Waals surface area contributed by atoms with E-state index in [4.69, 9.17) is 5.11 Å². The highest BCUT2D eigenvalue weighted by atomic mass is 32.2.